The molecule has 1 unspecified atom stereocenters. The van der Waals surface area contributed by atoms with Gasteiger partial charge in [-0.15, -0.1) is 0 Å². The number of carbonyl (C=O) groups is 1. The lowest BCUT2D eigenvalue weighted by atomic mass is 10.1. The summed E-state index contributed by atoms with van der Waals surface area (Å²) in [7, 11) is 0. The minimum atomic E-state index is 0.0820. The standard InChI is InChI=1S/C12H17NO2/c1-9(2)7-10(3)15-12-11(8-14)5-4-6-13-12/h4-6,8-10H,7H2,1-3H3. The molecule has 0 aliphatic heterocycles. The maximum absolute atomic E-state index is 10.7. The first kappa shape index (κ1) is 11.7. The van der Waals surface area contributed by atoms with E-state index in [9.17, 15) is 4.79 Å². The SMILES string of the molecule is CC(C)CC(C)Oc1ncccc1C=O. The Hall–Kier alpha value is -1.38. The van der Waals surface area contributed by atoms with Crippen molar-refractivity contribution in [3.8, 4) is 5.88 Å². The van der Waals surface area contributed by atoms with Gasteiger partial charge in [0, 0.05) is 6.20 Å². The van der Waals surface area contributed by atoms with Crippen LogP contribution < -0.4 is 4.74 Å². The summed E-state index contributed by atoms with van der Waals surface area (Å²) in [4.78, 5) is 14.8. The molecule has 0 aliphatic carbocycles. The van der Waals surface area contributed by atoms with Crippen molar-refractivity contribution >= 4 is 6.29 Å². The van der Waals surface area contributed by atoms with Gasteiger partial charge in [0.2, 0.25) is 5.88 Å². The second-order valence-corrected chi connectivity index (χ2v) is 4.07. The zero-order chi connectivity index (χ0) is 11.3. The molecule has 1 aromatic heterocycles. The van der Waals surface area contributed by atoms with Crippen LogP contribution in [-0.4, -0.2) is 17.4 Å². The fraction of sp³-hybridized carbons (Fsp3) is 0.500. The fourth-order valence-corrected chi connectivity index (χ4v) is 1.49. The minimum absolute atomic E-state index is 0.0820. The van der Waals surface area contributed by atoms with Gasteiger partial charge in [-0.2, -0.15) is 0 Å². The van der Waals surface area contributed by atoms with Gasteiger partial charge in [0.05, 0.1) is 11.7 Å². The van der Waals surface area contributed by atoms with Gasteiger partial charge in [-0.1, -0.05) is 13.8 Å². The van der Waals surface area contributed by atoms with E-state index in [1.54, 1.807) is 18.3 Å². The molecule has 0 amide bonds. The van der Waals surface area contributed by atoms with E-state index in [4.69, 9.17) is 4.74 Å². The van der Waals surface area contributed by atoms with Crippen molar-refractivity contribution < 1.29 is 9.53 Å². The van der Waals surface area contributed by atoms with Crippen LogP contribution >= 0.6 is 0 Å². The molecule has 0 N–H and O–H groups in total. The normalized spacial score (nSPS) is 12.5. The second kappa shape index (κ2) is 5.49. The van der Waals surface area contributed by atoms with E-state index in [1.807, 2.05) is 6.92 Å². The summed E-state index contributed by atoms with van der Waals surface area (Å²) in [6, 6.07) is 3.43. The van der Waals surface area contributed by atoms with Crippen LogP contribution in [-0.2, 0) is 0 Å². The largest absolute Gasteiger partial charge is 0.474 e. The maximum atomic E-state index is 10.7. The highest BCUT2D eigenvalue weighted by Gasteiger charge is 2.10. The van der Waals surface area contributed by atoms with E-state index in [0.29, 0.717) is 17.4 Å². The Morgan fingerprint density at radius 3 is 2.80 bits per heavy atom. The third-order valence-corrected chi connectivity index (χ3v) is 2.04. The van der Waals surface area contributed by atoms with E-state index in [0.717, 1.165) is 12.7 Å². The van der Waals surface area contributed by atoms with E-state index in [1.165, 1.54) is 0 Å². The van der Waals surface area contributed by atoms with Gasteiger partial charge < -0.3 is 4.74 Å². The predicted octanol–water partition coefficient (Wildman–Crippen LogP) is 2.71. The highest BCUT2D eigenvalue weighted by atomic mass is 16.5. The Bertz CT molecular complexity index is 323. The summed E-state index contributed by atoms with van der Waals surface area (Å²) in [5.74, 6) is 1.00. The fourth-order valence-electron chi connectivity index (χ4n) is 1.49. The van der Waals surface area contributed by atoms with E-state index in [-0.39, 0.29) is 6.10 Å². The topological polar surface area (TPSA) is 39.2 Å². The molecule has 0 fully saturated rings. The lowest BCUT2D eigenvalue weighted by Crippen LogP contribution is -2.16. The number of aromatic nitrogens is 1. The first-order valence-corrected chi connectivity index (χ1v) is 5.20. The molecule has 0 saturated carbocycles. The summed E-state index contributed by atoms with van der Waals surface area (Å²) in [6.07, 6.45) is 3.43. The van der Waals surface area contributed by atoms with Gasteiger partial charge >= 0.3 is 0 Å². The first-order chi connectivity index (χ1) is 7.13. The highest BCUT2D eigenvalue weighted by molar-refractivity contribution is 5.77. The summed E-state index contributed by atoms with van der Waals surface area (Å²) in [6.45, 7) is 6.26. The van der Waals surface area contributed by atoms with Crippen molar-refractivity contribution in [3.63, 3.8) is 0 Å². The highest BCUT2D eigenvalue weighted by Crippen LogP contribution is 2.16. The van der Waals surface area contributed by atoms with Crippen LogP contribution in [0.3, 0.4) is 0 Å². The molecule has 0 radical (unpaired) electrons. The Labute approximate surface area is 90.5 Å². The van der Waals surface area contributed by atoms with Gasteiger partial charge in [0.25, 0.3) is 0 Å². The van der Waals surface area contributed by atoms with Gasteiger partial charge in [-0.25, -0.2) is 4.98 Å². The molecule has 1 heterocycles. The van der Waals surface area contributed by atoms with Gasteiger partial charge in [-0.05, 0) is 31.4 Å². The predicted molar refractivity (Wildman–Crippen MR) is 59.2 cm³/mol. The Kier molecular flexibility index (Phi) is 4.28. The maximum Gasteiger partial charge on any atom is 0.224 e. The second-order valence-electron chi connectivity index (χ2n) is 4.07. The molecule has 15 heavy (non-hydrogen) atoms. The van der Waals surface area contributed by atoms with Crippen LogP contribution in [0.4, 0.5) is 0 Å². The summed E-state index contributed by atoms with van der Waals surface area (Å²) < 4.78 is 5.60. The molecular formula is C12H17NO2. The summed E-state index contributed by atoms with van der Waals surface area (Å²) >= 11 is 0. The van der Waals surface area contributed by atoms with Crippen molar-refractivity contribution in [2.24, 2.45) is 5.92 Å². The first-order valence-electron chi connectivity index (χ1n) is 5.20. The number of nitrogens with zero attached hydrogens (tertiary/aromatic N) is 1. The number of pyridine rings is 1. The molecule has 1 aromatic rings. The van der Waals surface area contributed by atoms with Crippen LogP contribution in [0.1, 0.15) is 37.6 Å². The third-order valence-electron chi connectivity index (χ3n) is 2.04. The molecule has 0 aliphatic rings. The number of ether oxygens (including phenoxy) is 1. The molecule has 0 aromatic carbocycles. The van der Waals surface area contributed by atoms with Crippen molar-refractivity contribution in [2.45, 2.75) is 33.3 Å². The van der Waals surface area contributed by atoms with Crippen molar-refractivity contribution in [1.29, 1.82) is 0 Å². The molecule has 1 rings (SSSR count). The monoisotopic (exact) mass is 207 g/mol. The summed E-state index contributed by atoms with van der Waals surface area (Å²) in [5.41, 5.74) is 0.508. The molecule has 3 heteroatoms. The number of aldehydes is 1. The molecule has 0 bridgehead atoms. The molecule has 0 saturated heterocycles. The van der Waals surface area contributed by atoms with Crippen LogP contribution in [0.25, 0.3) is 0 Å². The zero-order valence-corrected chi connectivity index (χ0v) is 9.43. The molecule has 3 nitrogen and oxygen atoms in total. The van der Waals surface area contributed by atoms with Crippen molar-refractivity contribution in [1.82, 2.24) is 4.98 Å². The molecule has 82 valence electrons. The third kappa shape index (κ3) is 3.70. The molecule has 0 spiro atoms. The van der Waals surface area contributed by atoms with Crippen LogP contribution in [0.15, 0.2) is 18.3 Å². The number of rotatable bonds is 5. The average Bonchev–Trinajstić information content (AvgIpc) is 2.17. The Morgan fingerprint density at radius 1 is 1.47 bits per heavy atom. The van der Waals surface area contributed by atoms with E-state index in [2.05, 4.69) is 18.8 Å². The quantitative estimate of drug-likeness (QED) is 0.697. The Balaban J connectivity index is 2.67. The zero-order valence-electron chi connectivity index (χ0n) is 9.43. The van der Waals surface area contributed by atoms with Crippen LogP contribution in [0, 0.1) is 5.92 Å². The number of hydrogen-bond donors (Lipinski definition) is 0. The molecule has 1 atom stereocenters. The number of carbonyl (C=O) groups excluding carboxylic acids is 1. The average molecular weight is 207 g/mol. The lowest BCUT2D eigenvalue weighted by Gasteiger charge is -2.16. The summed E-state index contributed by atoms with van der Waals surface area (Å²) in [5, 5.41) is 0. The van der Waals surface area contributed by atoms with Crippen molar-refractivity contribution in [2.75, 3.05) is 0 Å². The van der Waals surface area contributed by atoms with Gasteiger partial charge in [0.15, 0.2) is 6.29 Å². The van der Waals surface area contributed by atoms with E-state index < -0.39 is 0 Å². The van der Waals surface area contributed by atoms with Gasteiger partial charge in [0.1, 0.15) is 0 Å². The van der Waals surface area contributed by atoms with Crippen LogP contribution in [0.2, 0.25) is 0 Å². The number of hydrogen-bond acceptors (Lipinski definition) is 3. The van der Waals surface area contributed by atoms with Crippen LogP contribution in [0.5, 0.6) is 5.88 Å². The smallest absolute Gasteiger partial charge is 0.224 e. The van der Waals surface area contributed by atoms with E-state index >= 15 is 0 Å². The molecular weight excluding hydrogens is 190 g/mol. The Morgan fingerprint density at radius 2 is 2.20 bits per heavy atom. The van der Waals surface area contributed by atoms with Gasteiger partial charge in [-0.3, -0.25) is 4.79 Å². The minimum Gasteiger partial charge on any atom is -0.474 e. The lowest BCUT2D eigenvalue weighted by molar-refractivity contribution is 0.111. The van der Waals surface area contributed by atoms with Crippen molar-refractivity contribution in [3.05, 3.63) is 23.9 Å².